The number of amides is 2. The maximum absolute atomic E-state index is 13.5. The lowest BCUT2D eigenvalue weighted by Crippen LogP contribution is -2.62. The molecule has 4 rings (SSSR count). The van der Waals surface area contributed by atoms with Crippen LogP contribution >= 0.6 is 0 Å². The lowest BCUT2D eigenvalue weighted by Gasteiger charge is -2.42. The second-order valence-electron chi connectivity index (χ2n) is 8.49. The van der Waals surface area contributed by atoms with Crippen LogP contribution in [0.25, 0.3) is 11.1 Å². The maximum Gasteiger partial charge on any atom is 0.272 e. The molecular formula is C26H28N4O3. The van der Waals surface area contributed by atoms with Gasteiger partial charge in [0, 0.05) is 43.2 Å². The van der Waals surface area contributed by atoms with Crippen molar-refractivity contribution in [2.45, 2.75) is 31.9 Å². The highest BCUT2D eigenvalue weighted by Gasteiger charge is 2.46. The molecule has 0 spiro atoms. The highest BCUT2D eigenvalue weighted by molar-refractivity contribution is 5.94. The van der Waals surface area contributed by atoms with E-state index in [9.17, 15) is 9.59 Å². The fourth-order valence-corrected chi connectivity index (χ4v) is 4.11. The summed E-state index contributed by atoms with van der Waals surface area (Å²) in [5.41, 5.74) is 2.04. The number of nitrogens with one attached hydrogen (secondary N) is 1. The zero-order valence-electron chi connectivity index (χ0n) is 18.9. The first-order valence-corrected chi connectivity index (χ1v) is 11.1. The minimum Gasteiger partial charge on any atom is -0.361 e. The van der Waals surface area contributed by atoms with Crippen LogP contribution in [-0.4, -0.2) is 58.0 Å². The molecule has 1 aliphatic rings. The highest BCUT2D eigenvalue weighted by atomic mass is 16.5. The van der Waals surface area contributed by atoms with E-state index in [1.165, 1.54) is 0 Å². The van der Waals surface area contributed by atoms with E-state index in [-0.39, 0.29) is 31.0 Å². The smallest absolute Gasteiger partial charge is 0.272 e. The minimum atomic E-state index is -1.22. The number of nitrogens with zero attached hydrogens (tertiary/aromatic N) is 3. The number of ether oxygens (including phenoxy) is 1. The number of carbonyl (C=O) groups excluding carboxylic acids is 2. The topological polar surface area (TPSA) is 84.4 Å². The molecule has 7 heteroatoms. The molecule has 2 aromatic heterocycles. The third kappa shape index (κ3) is 5.09. The van der Waals surface area contributed by atoms with Crippen molar-refractivity contribution in [2.24, 2.45) is 0 Å². The van der Waals surface area contributed by atoms with Gasteiger partial charge in [-0.25, -0.2) is 0 Å². The van der Waals surface area contributed by atoms with Crippen LogP contribution in [0.5, 0.6) is 0 Å². The van der Waals surface area contributed by atoms with Crippen LogP contribution in [-0.2, 0) is 16.0 Å². The van der Waals surface area contributed by atoms with Gasteiger partial charge in [0.25, 0.3) is 11.8 Å². The zero-order chi connectivity index (χ0) is 23.3. The first-order valence-electron chi connectivity index (χ1n) is 11.1. The van der Waals surface area contributed by atoms with Gasteiger partial charge < -0.3 is 15.0 Å². The predicted molar refractivity (Wildman–Crippen MR) is 125 cm³/mol. The summed E-state index contributed by atoms with van der Waals surface area (Å²) >= 11 is 0. The van der Waals surface area contributed by atoms with E-state index in [0.717, 1.165) is 16.7 Å². The Morgan fingerprint density at radius 3 is 2.64 bits per heavy atom. The van der Waals surface area contributed by atoms with Crippen molar-refractivity contribution in [3.63, 3.8) is 0 Å². The summed E-state index contributed by atoms with van der Waals surface area (Å²) in [7, 11) is 0. The summed E-state index contributed by atoms with van der Waals surface area (Å²) < 4.78 is 6.20. The molecular weight excluding hydrogens is 416 g/mol. The van der Waals surface area contributed by atoms with Crippen molar-refractivity contribution < 1.29 is 14.3 Å². The second kappa shape index (κ2) is 9.92. The lowest BCUT2D eigenvalue weighted by atomic mass is 9.87. The maximum atomic E-state index is 13.5. The van der Waals surface area contributed by atoms with Gasteiger partial charge in [-0.15, -0.1) is 0 Å². The average molecular weight is 445 g/mol. The molecule has 3 heterocycles. The fraction of sp³-hybridized carbons (Fsp3) is 0.308. The summed E-state index contributed by atoms with van der Waals surface area (Å²) in [6, 6.07) is 17.0. The van der Waals surface area contributed by atoms with Gasteiger partial charge in [-0.3, -0.25) is 19.6 Å². The number of morpholine rings is 1. The molecule has 1 saturated heterocycles. The highest BCUT2D eigenvalue weighted by Crippen LogP contribution is 2.30. The van der Waals surface area contributed by atoms with E-state index < -0.39 is 5.60 Å². The van der Waals surface area contributed by atoms with Crippen molar-refractivity contribution in [3.8, 4) is 11.1 Å². The minimum absolute atomic E-state index is 0.0617. The first kappa shape index (κ1) is 22.6. The Morgan fingerprint density at radius 1 is 1.09 bits per heavy atom. The number of rotatable bonds is 6. The van der Waals surface area contributed by atoms with Crippen LogP contribution in [0.15, 0.2) is 73.2 Å². The number of hydrogen-bond donors (Lipinski definition) is 1. The Hall–Kier alpha value is -3.58. The molecule has 1 fully saturated rings. The Morgan fingerprint density at radius 2 is 1.91 bits per heavy atom. The third-order valence-electron chi connectivity index (χ3n) is 5.66. The van der Waals surface area contributed by atoms with Gasteiger partial charge in [-0.2, -0.15) is 0 Å². The van der Waals surface area contributed by atoms with Gasteiger partial charge in [0.2, 0.25) is 0 Å². The fourth-order valence-electron chi connectivity index (χ4n) is 4.11. The summed E-state index contributed by atoms with van der Waals surface area (Å²) in [6.07, 6.45) is 5.45. The molecule has 7 nitrogen and oxygen atoms in total. The van der Waals surface area contributed by atoms with Crippen LogP contribution in [0.1, 0.15) is 29.9 Å². The van der Waals surface area contributed by atoms with Crippen LogP contribution in [0.3, 0.4) is 0 Å². The molecule has 0 bridgehead atoms. The van der Waals surface area contributed by atoms with Gasteiger partial charge in [0.15, 0.2) is 5.60 Å². The number of pyridine rings is 2. The van der Waals surface area contributed by atoms with E-state index in [2.05, 4.69) is 15.3 Å². The number of hydrogen-bond acceptors (Lipinski definition) is 5. The van der Waals surface area contributed by atoms with Crippen molar-refractivity contribution in [1.82, 2.24) is 20.2 Å². The van der Waals surface area contributed by atoms with E-state index in [0.29, 0.717) is 18.7 Å². The monoisotopic (exact) mass is 444 g/mol. The average Bonchev–Trinajstić information content (AvgIpc) is 2.85. The van der Waals surface area contributed by atoms with Crippen molar-refractivity contribution in [3.05, 3.63) is 84.4 Å². The van der Waals surface area contributed by atoms with E-state index >= 15 is 0 Å². The quantitative estimate of drug-likeness (QED) is 0.632. The Bertz CT molecular complexity index is 1100. The van der Waals surface area contributed by atoms with E-state index in [4.69, 9.17) is 4.74 Å². The van der Waals surface area contributed by atoms with Crippen LogP contribution in [0, 0.1) is 0 Å². The number of aromatic nitrogens is 2. The normalized spacial score (nSPS) is 18.2. The van der Waals surface area contributed by atoms with Crippen LogP contribution in [0.2, 0.25) is 0 Å². The predicted octanol–water partition coefficient (Wildman–Crippen LogP) is 3.12. The third-order valence-corrected chi connectivity index (χ3v) is 5.66. The SMILES string of the molecule is CC(C)NC(=O)[C@@]1(Cc2ccccc2-c2cccnc2)CN(C(=O)c2ccccn2)CCO1. The molecule has 1 aromatic carbocycles. The van der Waals surface area contributed by atoms with Gasteiger partial charge in [0.1, 0.15) is 5.69 Å². The summed E-state index contributed by atoms with van der Waals surface area (Å²) in [5.74, 6) is -0.432. The molecule has 1 atom stereocenters. The van der Waals surface area contributed by atoms with Crippen molar-refractivity contribution in [1.29, 1.82) is 0 Å². The summed E-state index contributed by atoms with van der Waals surface area (Å²) in [5, 5.41) is 3.00. The van der Waals surface area contributed by atoms with Crippen molar-refractivity contribution in [2.75, 3.05) is 19.7 Å². The molecule has 0 aliphatic carbocycles. The van der Waals surface area contributed by atoms with Gasteiger partial charge in [-0.1, -0.05) is 36.4 Å². The molecule has 33 heavy (non-hydrogen) atoms. The molecule has 0 unspecified atom stereocenters. The largest absolute Gasteiger partial charge is 0.361 e. The summed E-state index contributed by atoms with van der Waals surface area (Å²) in [6.45, 7) is 4.63. The molecule has 0 saturated carbocycles. The molecule has 0 radical (unpaired) electrons. The molecule has 170 valence electrons. The number of carbonyl (C=O) groups is 2. The second-order valence-corrected chi connectivity index (χ2v) is 8.49. The Labute approximate surface area is 193 Å². The van der Waals surface area contributed by atoms with E-state index in [1.54, 1.807) is 41.7 Å². The Balaban J connectivity index is 1.69. The molecule has 1 N–H and O–H groups in total. The molecule has 2 amide bonds. The van der Waals surface area contributed by atoms with Gasteiger partial charge in [0.05, 0.1) is 13.2 Å². The van der Waals surface area contributed by atoms with Crippen LogP contribution < -0.4 is 5.32 Å². The molecule has 1 aliphatic heterocycles. The van der Waals surface area contributed by atoms with Crippen molar-refractivity contribution >= 4 is 11.8 Å². The number of benzene rings is 1. The zero-order valence-corrected chi connectivity index (χ0v) is 18.9. The Kier molecular flexibility index (Phi) is 6.79. The summed E-state index contributed by atoms with van der Waals surface area (Å²) in [4.78, 5) is 36.7. The lowest BCUT2D eigenvalue weighted by molar-refractivity contribution is -0.157. The standard InChI is InChI=1S/C26H28N4O3/c1-19(2)29-25(32)26(16-20-8-3-4-10-22(20)21-9-7-12-27-17-21)18-30(14-15-33-26)24(31)23-11-5-6-13-28-23/h3-13,17,19H,14-16,18H2,1-2H3,(H,29,32)/t26-/m1/s1. The van der Waals surface area contributed by atoms with Crippen LogP contribution in [0.4, 0.5) is 0 Å². The van der Waals surface area contributed by atoms with E-state index in [1.807, 2.05) is 50.2 Å². The van der Waals surface area contributed by atoms with Gasteiger partial charge >= 0.3 is 0 Å². The first-order chi connectivity index (χ1) is 16.0. The molecule has 3 aromatic rings. The van der Waals surface area contributed by atoms with Gasteiger partial charge in [-0.05, 0) is 43.2 Å².